The number of benzene rings is 2. The van der Waals surface area contributed by atoms with Gasteiger partial charge in [-0.25, -0.2) is 0 Å². The molecule has 0 bridgehead atoms. The number of carbonyl (C=O) groups excluding carboxylic acids is 1. The Bertz CT molecular complexity index is 984. The number of amides is 1. The quantitative estimate of drug-likeness (QED) is 0.576. The van der Waals surface area contributed by atoms with Gasteiger partial charge in [0.2, 0.25) is 11.8 Å². The van der Waals surface area contributed by atoms with Gasteiger partial charge in [-0.1, -0.05) is 78.1 Å². The molecule has 0 saturated carbocycles. The minimum Gasteiger partial charge on any atom is -0.406 e. The molecule has 1 aromatic heterocycles. The maximum atomic E-state index is 12.8. The molecule has 2 aromatic carbocycles. The second kappa shape index (κ2) is 10.4. The standard InChI is InChI=1S/C24H27ClN4O2/c25-20-13-7-6-12-19(20)17-22(30)26-21(16-18-10-4-3-5-11-18)23-27-28-24(31-23)29-14-8-1-2-9-15-29/h3-7,10-13,21H,1-2,8-9,14-17H2,(H,26,30)/t21-/m1/s1. The molecule has 1 aliphatic heterocycles. The van der Waals surface area contributed by atoms with Crippen LogP contribution in [0.25, 0.3) is 0 Å². The molecule has 1 atom stereocenters. The van der Waals surface area contributed by atoms with Crippen LogP contribution in [-0.4, -0.2) is 29.2 Å². The summed E-state index contributed by atoms with van der Waals surface area (Å²) in [7, 11) is 0. The molecule has 162 valence electrons. The lowest BCUT2D eigenvalue weighted by Crippen LogP contribution is -2.31. The Hall–Kier alpha value is -2.86. The monoisotopic (exact) mass is 438 g/mol. The molecular weight excluding hydrogens is 412 g/mol. The van der Waals surface area contributed by atoms with Crippen LogP contribution in [-0.2, 0) is 17.6 Å². The molecule has 4 rings (SSSR count). The Morgan fingerprint density at radius 1 is 1.00 bits per heavy atom. The van der Waals surface area contributed by atoms with Crippen molar-refractivity contribution in [1.82, 2.24) is 15.5 Å². The Kier molecular flexibility index (Phi) is 7.20. The first kappa shape index (κ1) is 21.4. The number of carbonyl (C=O) groups is 1. The van der Waals surface area contributed by atoms with Crippen LogP contribution >= 0.6 is 11.6 Å². The zero-order valence-corrected chi connectivity index (χ0v) is 18.2. The number of rotatable bonds is 7. The van der Waals surface area contributed by atoms with Crippen LogP contribution in [0, 0.1) is 0 Å². The van der Waals surface area contributed by atoms with Crippen molar-refractivity contribution in [2.24, 2.45) is 0 Å². The van der Waals surface area contributed by atoms with Crippen molar-refractivity contribution in [3.63, 3.8) is 0 Å². The smallest absolute Gasteiger partial charge is 0.318 e. The lowest BCUT2D eigenvalue weighted by molar-refractivity contribution is -0.121. The summed E-state index contributed by atoms with van der Waals surface area (Å²) in [4.78, 5) is 15.0. The Morgan fingerprint density at radius 2 is 1.71 bits per heavy atom. The van der Waals surface area contributed by atoms with Crippen molar-refractivity contribution in [2.75, 3.05) is 18.0 Å². The molecule has 1 saturated heterocycles. The minimum atomic E-state index is -0.411. The van der Waals surface area contributed by atoms with Crippen molar-refractivity contribution < 1.29 is 9.21 Å². The number of anilines is 1. The lowest BCUT2D eigenvalue weighted by atomic mass is 10.1. The van der Waals surface area contributed by atoms with Gasteiger partial charge in [-0.2, -0.15) is 0 Å². The Morgan fingerprint density at radius 3 is 2.45 bits per heavy atom. The molecule has 3 aromatic rings. The van der Waals surface area contributed by atoms with E-state index in [9.17, 15) is 4.79 Å². The summed E-state index contributed by atoms with van der Waals surface area (Å²) in [6.45, 7) is 1.84. The van der Waals surface area contributed by atoms with Gasteiger partial charge < -0.3 is 14.6 Å². The molecule has 7 heteroatoms. The van der Waals surface area contributed by atoms with Crippen LogP contribution in [0.2, 0.25) is 5.02 Å². The highest BCUT2D eigenvalue weighted by atomic mass is 35.5. The van der Waals surface area contributed by atoms with E-state index in [4.69, 9.17) is 16.0 Å². The van der Waals surface area contributed by atoms with Crippen molar-refractivity contribution in [1.29, 1.82) is 0 Å². The van der Waals surface area contributed by atoms with Gasteiger partial charge in [0, 0.05) is 24.5 Å². The minimum absolute atomic E-state index is 0.136. The zero-order valence-electron chi connectivity index (χ0n) is 17.5. The van der Waals surface area contributed by atoms with Gasteiger partial charge in [-0.15, -0.1) is 5.10 Å². The Labute approximate surface area is 187 Å². The first-order valence-corrected chi connectivity index (χ1v) is 11.2. The molecule has 1 amide bonds. The molecule has 1 fully saturated rings. The van der Waals surface area contributed by atoms with Gasteiger partial charge >= 0.3 is 6.01 Å². The van der Waals surface area contributed by atoms with Crippen molar-refractivity contribution in [3.05, 3.63) is 76.6 Å². The highest BCUT2D eigenvalue weighted by Crippen LogP contribution is 2.24. The molecule has 31 heavy (non-hydrogen) atoms. The molecule has 1 N–H and O–H groups in total. The predicted molar refractivity (Wildman–Crippen MR) is 121 cm³/mol. The second-order valence-electron chi connectivity index (χ2n) is 7.90. The fourth-order valence-electron chi connectivity index (χ4n) is 3.87. The SMILES string of the molecule is O=C(Cc1ccccc1Cl)N[C@H](Cc1ccccc1)c1nnc(N2CCCCCC2)o1. The van der Waals surface area contributed by atoms with Crippen LogP contribution in [0.3, 0.4) is 0 Å². The number of halogens is 1. The topological polar surface area (TPSA) is 71.3 Å². The third kappa shape index (κ3) is 5.85. The lowest BCUT2D eigenvalue weighted by Gasteiger charge is -2.18. The molecule has 0 radical (unpaired) electrons. The number of hydrogen-bond donors (Lipinski definition) is 1. The van der Waals surface area contributed by atoms with Gasteiger partial charge in [0.25, 0.3) is 0 Å². The van der Waals surface area contributed by atoms with Crippen LogP contribution in [0.1, 0.15) is 48.7 Å². The maximum Gasteiger partial charge on any atom is 0.318 e. The van der Waals surface area contributed by atoms with Gasteiger partial charge in [0.1, 0.15) is 6.04 Å². The van der Waals surface area contributed by atoms with E-state index in [2.05, 4.69) is 20.4 Å². The fourth-order valence-corrected chi connectivity index (χ4v) is 4.07. The van der Waals surface area contributed by atoms with Crippen LogP contribution in [0.5, 0.6) is 0 Å². The molecule has 0 unspecified atom stereocenters. The number of hydrogen-bond acceptors (Lipinski definition) is 5. The first-order valence-electron chi connectivity index (χ1n) is 10.8. The number of aromatic nitrogens is 2. The maximum absolute atomic E-state index is 12.8. The summed E-state index contributed by atoms with van der Waals surface area (Å²) in [6.07, 6.45) is 5.47. The summed E-state index contributed by atoms with van der Waals surface area (Å²) in [5.41, 5.74) is 1.87. The van der Waals surface area contributed by atoms with E-state index in [-0.39, 0.29) is 12.3 Å². The second-order valence-corrected chi connectivity index (χ2v) is 8.31. The van der Waals surface area contributed by atoms with E-state index >= 15 is 0 Å². The fraction of sp³-hybridized carbons (Fsp3) is 0.375. The summed E-state index contributed by atoms with van der Waals surface area (Å²) >= 11 is 6.23. The molecule has 2 heterocycles. The molecule has 0 spiro atoms. The zero-order chi connectivity index (χ0) is 21.5. The first-order chi connectivity index (χ1) is 15.2. The van der Waals surface area contributed by atoms with Gasteiger partial charge in [-0.05, 0) is 30.0 Å². The average Bonchev–Trinajstić information content (AvgIpc) is 3.11. The van der Waals surface area contributed by atoms with Gasteiger partial charge in [-0.3, -0.25) is 4.79 Å². The highest BCUT2D eigenvalue weighted by Gasteiger charge is 2.24. The van der Waals surface area contributed by atoms with E-state index < -0.39 is 6.04 Å². The highest BCUT2D eigenvalue weighted by molar-refractivity contribution is 6.31. The van der Waals surface area contributed by atoms with Crippen molar-refractivity contribution in [3.8, 4) is 0 Å². The van der Waals surface area contributed by atoms with E-state index in [1.165, 1.54) is 12.8 Å². The van der Waals surface area contributed by atoms with E-state index in [0.717, 1.165) is 37.1 Å². The normalized spacial score (nSPS) is 15.3. The third-order valence-electron chi connectivity index (χ3n) is 5.53. The number of nitrogens with one attached hydrogen (secondary N) is 1. The predicted octanol–water partition coefficient (Wildman–Crippen LogP) is 4.75. The van der Waals surface area contributed by atoms with E-state index in [1.807, 2.05) is 48.5 Å². The summed E-state index contributed by atoms with van der Waals surface area (Å²) in [6, 6.07) is 17.5. The summed E-state index contributed by atoms with van der Waals surface area (Å²) < 4.78 is 6.05. The van der Waals surface area contributed by atoms with Crippen LogP contribution in [0.4, 0.5) is 6.01 Å². The van der Waals surface area contributed by atoms with Gasteiger partial charge in [0.05, 0.1) is 6.42 Å². The van der Waals surface area contributed by atoms with Crippen molar-refractivity contribution in [2.45, 2.75) is 44.6 Å². The molecule has 6 nitrogen and oxygen atoms in total. The average molecular weight is 439 g/mol. The van der Waals surface area contributed by atoms with E-state index in [1.54, 1.807) is 6.07 Å². The van der Waals surface area contributed by atoms with Gasteiger partial charge in [0.15, 0.2) is 0 Å². The van der Waals surface area contributed by atoms with Crippen molar-refractivity contribution >= 4 is 23.5 Å². The summed E-state index contributed by atoms with van der Waals surface area (Å²) in [5.74, 6) is 0.291. The molecule has 1 aliphatic rings. The Balaban J connectivity index is 1.51. The van der Waals surface area contributed by atoms with E-state index in [0.29, 0.717) is 23.3 Å². The summed E-state index contributed by atoms with van der Waals surface area (Å²) in [5, 5.41) is 12.2. The third-order valence-corrected chi connectivity index (χ3v) is 5.90. The van der Waals surface area contributed by atoms with Crippen LogP contribution in [0.15, 0.2) is 59.0 Å². The largest absolute Gasteiger partial charge is 0.406 e. The molecule has 0 aliphatic carbocycles. The number of nitrogens with zero attached hydrogens (tertiary/aromatic N) is 3. The molecular formula is C24H27ClN4O2. The van der Waals surface area contributed by atoms with Crippen LogP contribution < -0.4 is 10.2 Å².